The summed E-state index contributed by atoms with van der Waals surface area (Å²) in [6, 6.07) is 6.54. The molecule has 0 spiro atoms. The minimum absolute atomic E-state index is 0.0278. The molecule has 0 radical (unpaired) electrons. The van der Waals surface area contributed by atoms with Crippen molar-refractivity contribution in [3.8, 4) is 5.75 Å². The summed E-state index contributed by atoms with van der Waals surface area (Å²) in [7, 11) is 0. The molecule has 1 atom stereocenters. The quantitative estimate of drug-likeness (QED) is 0.834. The Balaban J connectivity index is 1.96. The fourth-order valence-electron chi connectivity index (χ4n) is 2.32. The summed E-state index contributed by atoms with van der Waals surface area (Å²) < 4.78 is 0. The molecule has 1 amide bonds. The van der Waals surface area contributed by atoms with Crippen molar-refractivity contribution in [3.05, 3.63) is 29.8 Å². The molecule has 3 N–H and O–H groups in total. The zero-order valence-electron chi connectivity index (χ0n) is 12.2. The van der Waals surface area contributed by atoms with Crippen LogP contribution in [0.3, 0.4) is 0 Å². The monoisotopic (exact) mass is 276 g/mol. The minimum atomic E-state index is -0.513. The highest BCUT2D eigenvalue weighted by Crippen LogP contribution is 2.30. The van der Waals surface area contributed by atoms with Crippen molar-refractivity contribution in [2.75, 3.05) is 6.54 Å². The van der Waals surface area contributed by atoms with Crippen LogP contribution in [0.5, 0.6) is 5.75 Å². The molecule has 0 saturated heterocycles. The van der Waals surface area contributed by atoms with Crippen LogP contribution in [0.2, 0.25) is 0 Å². The number of carbonyl (C=O) groups excluding carboxylic acids is 1. The Kier molecular flexibility index (Phi) is 4.65. The molecule has 0 bridgehead atoms. The number of amides is 1. The standard InChI is InChI=1S/C16H24N2O2/c1-11(2)18(10-13-3-4-13)16(20)15(17)9-12-5-7-14(19)8-6-12/h5-8,11,13,15,19H,3-4,9-10,17H2,1-2H3. The predicted molar refractivity (Wildman–Crippen MR) is 79.4 cm³/mol. The third-order valence-corrected chi connectivity index (χ3v) is 3.77. The topological polar surface area (TPSA) is 66.6 Å². The lowest BCUT2D eigenvalue weighted by atomic mass is 10.0. The van der Waals surface area contributed by atoms with Crippen LogP contribution in [0.25, 0.3) is 0 Å². The van der Waals surface area contributed by atoms with Gasteiger partial charge in [-0.25, -0.2) is 0 Å². The van der Waals surface area contributed by atoms with Crippen LogP contribution < -0.4 is 5.73 Å². The van der Waals surface area contributed by atoms with Gasteiger partial charge < -0.3 is 15.7 Å². The van der Waals surface area contributed by atoms with Gasteiger partial charge in [0, 0.05) is 12.6 Å². The Hall–Kier alpha value is -1.55. The van der Waals surface area contributed by atoms with Gasteiger partial charge in [0.2, 0.25) is 5.91 Å². The van der Waals surface area contributed by atoms with Gasteiger partial charge in [0.15, 0.2) is 0 Å². The Morgan fingerprint density at radius 1 is 1.35 bits per heavy atom. The average Bonchev–Trinajstić information content (AvgIpc) is 3.21. The van der Waals surface area contributed by atoms with Crippen molar-refractivity contribution in [1.82, 2.24) is 4.90 Å². The van der Waals surface area contributed by atoms with E-state index in [4.69, 9.17) is 5.73 Å². The number of carbonyl (C=O) groups is 1. The Morgan fingerprint density at radius 2 is 1.95 bits per heavy atom. The molecule has 1 aliphatic carbocycles. The maximum absolute atomic E-state index is 12.5. The maximum Gasteiger partial charge on any atom is 0.240 e. The summed E-state index contributed by atoms with van der Waals surface area (Å²) in [4.78, 5) is 14.4. The number of phenols is 1. The summed E-state index contributed by atoms with van der Waals surface area (Å²) >= 11 is 0. The molecule has 1 aliphatic rings. The Morgan fingerprint density at radius 3 is 2.45 bits per heavy atom. The molecular formula is C16H24N2O2. The van der Waals surface area contributed by atoms with E-state index in [1.807, 2.05) is 30.9 Å². The zero-order chi connectivity index (χ0) is 14.7. The van der Waals surface area contributed by atoms with E-state index < -0.39 is 6.04 Å². The highest BCUT2D eigenvalue weighted by molar-refractivity contribution is 5.82. The number of aromatic hydroxyl groups is 1. The van der Waals surface area contributed by atoms with E-state index in [0.29, 0.717) is 12.3 Å². The van der Waals surface area contributed by atoms with Crippen molar-refractivity contribution in [2.45, 2.75) is 45.2 Å². The van der Waals surface area contributed by atoms with Crippen molar-refractivity contribution < 1.29 is 9.90 Å². The van der Waals surface area contributed by atoms with E-state index in [9.17, 15) is 9.90 Å². The number of benzene rings is 1. The first kappa shape index (κ1) is 14.9. The molecule has 1 saturated carbocycles. The molecule has 0 aromatic heterocycles. The lowest BCUT2D eigenvalue weighted by Gasteiger charge is -2.29. The van der Waals surface area contributed by atoms with Crippen LogP contribution >= 0.6 is 0 Å². The zero-order valence-corrected chi connectivity index (χ0v) is 12.2. The van der Waals surface area contributed by atoms with Gasteiger partial charge in [-0.05, 0) is 56.7 Å². The minimum Gasteiger partial charge on any atom is -0.508 e. The first-order valence-electron chi connectivity index (χ1n) is 7.31. The molecular weight excluding hydrogens is 252 g/mol. The Bertz CT molecular complexity index is 452. The van der Waals surface area contributed by atoms with Gasteiger partial charge in [0.1, 0.15) is 5.75 Å². The lowest BCUT2D eigenvalue weighted by molar-refractivity contribution is -0.134. The molecule has 110 valence electrons. The molecule has 1 aromatic rings. The predicted octanol–water partition coefficient (Wildman–Crippen LogP) is 1.91. The second-order valence-electron chi connectivity index (χ2n) is 6.00. The van der Waals surface area contributed by atoms with Gasteiger partial charge in [-0.15, -0.1) is 0 Å². The number of phenolic OH excluding ortho intramolecular Hbond substituents is 1. The van der Waals surface area contributed by atoms with Crippen molar-refractivity contribution in [2.24, 2.45) is 11.7 Å². The third-order valence-electron chi connectivity index (χ3n) is 3.77. The van der Waals surface area contributed by atoms with Crippen molar-refractivity contribution in [3.63, 3.8) is 0 Å². The van der Waals surface area contributed by atoms with E-state index in [2.05, 4.69) is 0 Å². The maximum atomic E-state index is 12.5. The summed E-state index contributed by atoms with van der Waals surface area (Å²) in [6.07, 6.45) is 2.96. The van der Waals surface area contributed by atoms with Gasteiger partial charge >= 0.3 is 0 Å². The fraction of sp³-hybridized carbons (Fsp3) is 0.562. The molecule has 0 aliphatic heterocycles. The van der Waals surface area contributed by atoms with Crippen LogP contribution in [0.15, 0.2) is 24.3 Å². The second kappa shape index (κ2) is 6.27. The number of hydrogen-bond donors (Lipinski definition) is 2. The number of rotatable bonds is 6. The molecule has 1 aromatic carbocycles. The summed E-state index contributed by atoms with van der Waals surface area (Å²) in [5.41, 5.74) is 7.04. The van der Waals surface area contributed by atoms with Gasteiger partial charge in [-0.3, -0.25) is 4.79 Å². The van der Waals surface area contributed by atoms with E-state index in [1.165, 1.54) is 12.8 Å². The lowest BCUT2D eigenvalue weighted by Crippen LogP contribution is -2.48. The van der Waals surface area contributed by atoms with Gasteiger partial charge in [0.25, 0.3) is 0 Å². The smallest absolute Gasteiger partial charge is 0.240 e. The van der Waals surface area contributed by atoms with Crippen LogP contribution in [-0.4, -0.2) is 34.5 Å². The molecule has 1 unspecified atom stereocenters. The molecule has 4 heteroatoms. The largest absolute Gasteiger partial charge is 0.508 e. The van der Waals surface area contributed by atoms with Crippen LogP contribution in [-0.2, 0) is 11.2 Å². The van der Waals surface area contributed by atoms with E-state index in [-0.39, 0.29) is 17.7 Å². The summed E-state index contributed by atoms with van der Waals surface area (Å²) in [5, 5.41) is 9.26. The second-order valence-corrected chi connectivity index (χ2v) is 6.00. The molecule has 2 rings (SSSR count). The summed E-state index contributed by atoms with van der Waals surface area (Å²) in [5.74, 6) is 0.924. The first-order chi connectivity index (χ1) is 9.47. The van der Waals surface area contributed by atoms with Gasteiger partial charge in [-0.2, -0.15) is 0 Å². The van der Waals surface area contributed by atoms with E-state index in [1.54, 1.807) is 12.1 Å². The third kappa shape index (κ3) is 3.97. The molecule has 4 nitrogen and oxygen atoms in total. The van der Waals surface area contributed by atoms with Crippen LogP contribution in [0, 0.1) is 5.92 Å². The number of hydrogen-bond acceptors (Lipinski definition) is 3. The highest BCUT2D eigenvalue weighted by Gasteiger charge is 2.30. The normalized spacial score (nSPS) is 16.2. The van der Waals surface area contributed by atoms with Crippen LogP contribution in [0.4, 0.5) is 0 Å². The van der Waals surface area contributed by atoms with Crippen molar-refractivity contribution >= 4 is 5.91 Å². The summed E-state index contributed by atoms with van der Waals surface area (Å²) in [6.45, 7) is 4.90. The van der Waals surface area contributed by atoms with Gasteiger partial charge in [-0.1, -0.05) is 12.1 Å². The first-order valence-corrected chi connectivity index (χ1v) is 7.31. The van der Waals surface area contributed by atoms with Crippen molar-refractivity contribution in [1.29, 1.82) is 0 Å². The average molecular weight is 276 g/mol. The molecule has 20 heavy (non-hydrogen) atoms. The molecule has 0 heterocycles. The number of nitrogens with two attached hydrogens (primary N) is 1. The Labute approximate surface area is 120 Å². The number of nitrogens with zero attached hydrogens (tertiary/aromatic N) is 1. The highest BCUT2D eigenvalue weighted by atomic mass is 16.3. The molecule has 1 fully saturated rings. The van der Waals surface area contributed by atoms with Crippen LogP contribution in [0.1, 0.15) is 32.3 Å². The van der Waals surface area contributed by atoms with E-state index in [0.717, 1.165) is 12.1 Å². The van der Waals surface area contributed by atoms with E-state index >= 15 is 0 Å². The SMILES string of the molecule is CC(C)N(CC1CC1)C(=O)C(N)Cc1ccc(O)cc1. The van der Waals surface area contributed by atoms with Gasteiger partial charge in [0.05, 0.1) is 6.04 Å². The fourth-order valence-corrected chi connectivity index (χ4v) is 2.32.